The third-order valence-electron chi connectivity index (χ3n) is 4.22. The minimum Gasteiger partial charge on any atom is -0.494 e. The van der Waals surface area contributed by atoms with Gasteiger partial charge in [0.25, 0.3) is 21.6 Å². The summed E-state index contributed by atoms with van der Waals surface area (Å²) in [7, 11) is -4.36. The molecule has 0 aromatic heterocycles. The molecule has 31 heavy (non-hydrogen) atoms. The zero-order valence-corrected chi connectivity index (χ0v) is 17.8. The monoisotopic (exact) mass is 460 g/mol. The van der Waals surface area contributed by atoms with Gasteiger partial charge in [-0.1, -0.05) is 17.7 Å². The van der Waals surface area contributed by atoms with Crippen molar-refractivity contribution in [2.45, 2.75) is 11.8 Å². The van der Waals surface area contributed by atoms with Gasteiger partial charge in [-0.2, -0.15) is 4.31 Å². The highest BCUT2D eigenvalue weighted by Crippen LogP contribution is 2.29. The lowest BCUT2D eigenvalue weighted by Crippen LogP contribution is -2.37. The molecule has 0 heterocycles. The molecule has 3 rings (SSSR count). The van der Waals surface area contributed by atoms with E-state index < -0.39 is 20.9 Å². The Kier molecular flexibility index (Phi) is 6.57. The molecule has 0 fully saturated rings. The first-order valence-electron chi connectivity index (χ1n) is 9.06. The van der Waals surface area contributed by atoms with E-state index in [1.165, 1.54) is 66.7 Å². The SMILES string of the molecule is CCOc1ccc(N(C(=O)c2cccc([N+](=O)[O-])c2)S(=O)(=O)c2ccc(Cl)cc2)cc1. The van der Waals surface area contributed by atoms with E-state index in [2.05, 4.69) is 0 Å². The van der Waals surface area contributed by atoms with Crippen molar-refractivity contribution in [3.63, 3.8) is 0 Å². The molecule has 3 aromatic carbocycles. The van der Waals surface area contributed by atoms with Crippen molar-refractivity contribution in [1.29, 1.82) is 0 Å². The van der Waals surface area contributed by atoms with Crippen LogP contribution in [-0.2, 0) is 10.0 Å². The van der Waals surface area contributed by atoms with Crippen LogP contribution in [0.25, 0.3) is 0 Å². The number of non-ortho nitro benzene ring substituents is 1. The second-order valence-electron chi connectivity index (χ2n) is 6.26. The fourth-order valence-electron chi connectivity index (χ4n) is 2.79. The summed E-state index contributed by atoms with van der Waals surface area (Å²) in [6, 6.07) is 16.1. The number of halogens is 1. The Labute approximate surface area is 183 Å². The molecular formula is C21H17ClN2O6S. The molecule has 3 aromatic rings. The molecule has 0 N–H and O–H groups in total. The Hall–Kier alpha value is -3.43. The fraction of sp³-hybridized carbons (Fsp3) is 0.0952. The van der Waals surface area contributed by atoms with Crippen LogP contribution < -0.4 is 9.04 Å². The molecule has 1 amide bonds. The van der Waals surface area contributed by atoms with Crippen LogP contribution in [0, 0.1) is 10.1 Å². The zero-order chi connectivity index (χ0) is 22.6. The average molecular weight is 461 g/mol. The smallest absolute Gasteiger partial charge is 0.272 e. The molecule has 0 atom stereocenters. The van der Waals surface area contributed by atoms with Gasteiger partial charge in [-0.25, -0.2) is 8.42 Å². The summed E-state index contributed by atoms with van der Waals surface area (Å²) in [4.78, 5) is 23.6. The topological polar surface area (TPSA) is 107 Å². The number of rotatable bonds is 7. The highest BCUT2D eigenvalue weighted by molar-refractivity contribution is 7.93. The Morgan fingerprint density at radius 3 is 2.29 bits per heavy atom. The number of hydrogen-bond donors (Lipinski definition) is 0. The van der Waals surface area contributed by atoms with E-state index >= 15 is 0 Å². The lowest BCUT2D eigenvalue weighted by Gasteiger charge is -2.23. The highest BCUT2D eigenvalue weighted by atomic mass is 35.5. The second kappa shape index (κ2) is 9.15. The van der Waals surface area contributed by atoms with E-state index in [1.807, 2.05) is 0 Å². The zero-order valence-electron chi connectivity index (χ0n) is 16.3. The number of hydrogen-bond acceptors (Lipinski definition) is 6. The fourth-order valence-corrected chi connectivity index (χ4v) is 4.33. The Balaban J connectivity index is 2.14. The minimum absolute atomic E-state index is 0.0508. The molecule has 0 saturated heterocycles. The summed E-state index contributed by atoms with van der Waals surface area (Å²) in [6.07, 6.45) is 0. The van der Waals surface area contributed by atoms with Crippen molar-refractivity contribution < 1.29 is 22.9 Å². The first kappa shape index (κ1) is 22.3. The molecule has 0 aliphatic rings. The van der Waals surface area contributed by atoms with E-state index in [0.717, 1.165) is 6.07 Å². The average Bonchev–Trinajstić information content (AvgIpc) is 2.75. The predicted molar refractivity (Wildman–Crippen MR) is 116 cm³/mol. The second-order valence-corrected chi connectivity index (χ2v) is 8.49. The summed E-state index contributed by atoms with van der Waals surface area (Å²) in [6.45, 7) is 2.22. The number of amides is 1. The van der Waals surface area contributed by atoms with Gasteiger partial charge in [-0.15, -0.1) is 0 Å². The molecule has 160 valence electrons. The minimum atomic E-state index is -4.36. The highest BCUT2D eigenvalue weighted by Gasteiger charge is 2.32. The normalized spacial score (nSPS) is 11.0. The number of nitro groups is 1. The summed E-state index contributed by atoms with van der Waals surface area (Å²) >= 11 is 5.86. The van der Waals surface area contributed by atoms with Crippen LogP contribution in [0.15, 0.2) is 77.7 Å². The van der Waals surface area contributed by atoms with Gasteiger partial charge < -0.3 is 4.74 Å². The van der Waals surface area contributed by atoms with E-state index in [1.54, 1.807) is 6.92 Å². The number of sulfonamides is 1. The van der Waals surface area contributed by atoms with E-state index in [-0.39, 0.29) is 21.8 Å². The van der Waals surface area contributed by atoms with Crippen molar-refractivity contribution in [2.75, 3.05) is 10.9 Å². The maximum atomic E-state index is 13.4. The Bertz CT molecular complexity index is 1210. The quantitative estimate of drug-likeness (QED) is 0.374. The standard InChI is InChI=1S/C21H17ClN2O6S/c1-2-30-19-10-8-17(9-11-19)23(31(28,29)20-12-6-16(22)7-13-20)21(25)15-4-3-5-18(14-15)24(26)27/h3-14H,2H2,1H3. The van der Waals surface area contributed by atoms with Crippen LogP contribution in [0.4, 0.5) is 11.4 Å². The van der Waals surface area contributed by atoms with Crippen molar-refractivity contribution in [3.8, 4) is 5.75 Å². The maximum Gasteiger partial charge on any atom is 0.272 e. The first-order chi connectivity index (χ1) is 14.7. The third-order valence-corrected chi connectivity index (χ3v) is 6.20. The molecule has 0 bridgehead atoms. The van der Waals surface area contributed by atoms with Gasteiger partial charge in [0, 0.05) is 22.7 Å². The van der Waals surface area contributed by atoms with Crippen molar-refractivity contribution in [2.24, 2.45) is 0 Å². The summed E-state index contributed by atoms with van der Waals surface area (Å²) < 4.78 is 32.7. The first-order valence-corrected chi connectivity index (χ1v) is 10.9. The van der Waals surface area contributed by atoms with Crippen LogP contribution in [0.3, 0.4) is 0 Å². The third kappa shape index (κ3) is 4.84. The van der Waals surface area contributed by atoms with Crippen LogP contribution >= 0.6 is 11.6 Å². The van der Waals surface area contributed by atoms with E-state index in [9.17, 15) is 23.3 Å². The summed E-state index contributed by atoms with van der Waals surface area (Å²) in [5, 5.41) is 11.4. The largest absolute Gasteiger partial charge is 0.494 e. The van der Waals surface area contributed by atoms with Crippen molar-refractivity contribution >= 4 is 38.9 Å². The predicted octanol–water partition coefficient (Wildman–Crippen LogP) is 4.68. The van der Waals surface area contributed by atoms with Gasteiger partial charge in [0.2, 0.25) is 0 Å². The Morgan fingerprint density at radius 1 is 1.06 bits per heavy atom. The molecule has 0 radical (unpaired) electrons. The Morgan fingerprint density at radius 2 is 1.71 bits per heavy atom. The molecule has 0 spiro atoms. The number of ether oxygens (including phenoxy) is 1. The van der Waals surface area contributed by atoms with Gasteiger partial charge in [-0.3, -0.25) is 14.9 Å². The van der Waals surface area contributed by atoms with Crippen molar-refractivity contribution in [1.82, 2.24) is 0 Å². The van der Waals surface area contributed by atoms with Gasteiger partial charge in [-0.05, 0) is 61.5 Å². The molecule has 8 nitrogen and oxygen atoms in total. The van der Waals surface area contributed by atoms with Crippen molar-refractivity contribution in [3.05, 3.63) is 93.5 Å². The number of anilines is 1. The number of carbonyl (C=O) groups is 1. The number of nitro benzene ring substituents is 1. The van der Waals surface area contributed by atoms with Crippen LogP contribution in [0.5, 0.6) is 5.75 Å². The lowest BCUT2D eigenvalue weighted by molar-refractivity contribution is -0.384. The molecule has 0 unspecified atom stereocenters. The van der Waals surface area contributed by atoms with Gasteiger partial charge in [0.15, 0.2) is 0 Å². The molecular weight excluding hydrogens is 444 g/mol. The van der Waals surface area contributed by atoms with Crippen LogP contribution in [0.1, 0.15) is 17.3 Å². The lowest BCUT2D eigenvalue weighted by atomic mass is 10.2. The molecule has 0 saturated carbocycles. The molecule has 0 aliphatic carbocycles. The maximum absolute atomic E-state index is 13.4. The van der Waals surface area contributed by atoms with Gasteiger partial charge in [0.05, 0.1) is 22.1 Å². The number of carbonyl (C=O) groups excluding carboxylic acids is 1. The van der Waals surface area contributed by atoms with Gasteiger partial charge >= 0.3 is 0 Å². The molecule has 10 heteroatoms. The van der Waals surface area contributed by atoms with Gasteiger partial charge in [0.1, 0.15) is 5.75 Å². The van der Waals surface area contributed by atoms with E-state index in [4.69, 9.17) is 16.3 Å². The summed E-state index contributed by atoms with van der Waals surface area (Å²) in [5.74, 6) is -0.444. The number of nitrogens with zero attached hydrogens (tertiary/aromatic N) is 2. The van der Waals surface area contributed by atoms with Crippen LogP contribution in [-0.4, -0.2) is 25.9 Å². The van der Waals surface area contributed by atoms with E-state index in [0.29, 0.717) is 21.7 Å². The number of benzene rings is 3. The van der Waals surface area contributed by atoms with Crippen LogP contribution in [0.2, 0.25) is 5.02 Å². The molecule has 0 aliphatic heterocycles. The summed E-state index contributed by atoms with van der Waals surface area (Å²) in [5.41, 5.74) is -0.433.